The molecule has 5 fully saturated rings. The highest BCUT2D eigenvalue weighted by Crippen LogP contribution is 2.43. The van der Waals surface area contributed by atoms with Gasteiger partial charge in [0, 0.05) is 44.6 Å². The fraction of sp³-hybridized carbons (Fsp3) is 0.870. The first-order valence-electron chi connectivity index (χ1n) is 12.0. The highest BCUT2D eigenvalue weighted by molar-refractivity contribution is 5.88. The number of piperazine rings is 1. The summed E-state index contributed by atoms with van der Waals surface area (Å²) >= 11 is 0. The monoisotopic (exact) mass is 417 g/mol. The average molecular weight is 418 g/mol. The van der Waals surface area contributed by atoms with Gasteiger partial charge in [0.1, 0.15) is 5.60 Å². The van der Waals surface area contributed by atoms with Gasteiger partial charge in [-0.25, -0.2) is 0 Å². The number of hydrogen-bond acceptors (Lipinski definition) is 4. The van der Waals surface area contributed by atoms with E-state index in [-0.39, 0.29) is 23.6 Å². The lowest BCUT2D eigenvalue weighted by molar-refractivity contribution is -0.148. The third-order valence-corrected chi connectivity index (χ3v) is 8.62. The number of aliphatic hydroxyl groups is 1. The van der Waals surface area contributed by atoms with Crippen molar-refractivity contribution in [2.75, 3.05) is 26.2 Å². The Labute approximate surface area is 178 Å². The zero-order valence-electron chi connectivity index (χ0n) is 17.9. The van der Waals surface area contributed by atoms with Crippen molar-refractivity contribution in [3.05, 3.63) is 0 Å². The van der Waals surface area contributed by atoms with Crippen LogP contribution in [0.4, 0.5) is 0 Å². The van der Waals surface area contributed by atoms with Gasteiger partial charge >= 0.3 is 0 Å². The van der Waals surface area contributed by atoms with E-state index in [1.165, 1.54) is 12.8 Å². The van der Waals surface area contributed by atoms with E-state index in [9.17, 15) is 19.5 Å². The Hall–Kier alpha value is -1.63. The maximum atomic E-state index is 13.0. The summed E-state index contributed by atoms with van der Waals surface area (Å²) in [6.07, 6.45) is 9.59. The van der Waals surface area contributed by atoms with Gasteiger partial charge in [0.05, 0.1) is 0 Å². The van der Waals surface area contributed by atoms with Gasteiger partial charge in [0.15, 0.2) is 0 Å². The molecule has 2 aliphatic heterocycles. The molecule has 0 bridgehead atoms. The van der Waals surface area contributed by atoms with Gasteiger partial charge in [0.25, 0.3) is 5.91 Å². The van der Waals surface area contributed by atoms with E-state index in [1.807, 2.05) is 4.90 Å². The predicted molar refractivity (Wildman–Crippen MR) is 110 cm³/mol. The second kappa shape index (κ2) is 7.81. The molecule has 166 valence electrons. The van der Waals surface area contributed by atoms with E-state index < -0.39 is 5.60 Å². The molecular formula is C23H35N3O4. The lowest BCUT2D eigenvalue weighted by Crippen LogP contribution is -2.54. The zero-order valence-corrected chi connectivity index (χ0v) is 17.9. The molecule has 3 amide bonds. The number of amides is 3. The number of rotatable bonds is 3. The van der Waals surface area contributed by atoms with Gasteiger partial charge in [-0.1, -0.05) is 0 Å². The fourth-order valence-corrected chi connectivity index (χ4v) is 6.47. The van der Waals surface area contributed by atoms with Crippen LogP contribution in [-0.2, 0) is 14.4 Å². The standard InChI is InChI=1S/C23H35N3O4/c27-20-14-18-6-5-17(13-19(18)24-20)15-1-3-16(4-2-15)21(28)25-9-11-26(12-10-25)22(29)23(30)7-8-23/h15-19,30H,1-14H2,(H,24,27). The summed E-state index contributed by atoms with van der Waals surface area (Å²) in [7, 11) is 0. The molecule has 2 saturated heterocycles. The van der Waals surface area contributed by atoms with Crippen LogP contribution in [0.15, 0.2) is 0 Å². The summed E-state index contributed by atoms with van der Waals surface area (Å²) in [5, 5.41) is 13.2. The third-order valence-electron chi connectivity index (χ3n) is 8.62. The van der Waals surface area contributed by atoms with Crippen LogP contribution in [-0.4, -0.2) is 70.4 Å². The van der Waals surface area contributed by atoms with Gasteiger partial charge in [-0.15, -0.1) is 0 Å². The quantitative estimate of drug-likeness (QED) is 0.724. The second-order valence-electron chi connectivity index (χ2n) is 10.5. The first-order chi connectivity index (χ1) is 14.4. The minimum Gasteiger partial charge on any atom is -0.380 e. The first-order valence-corrected chi connectivity index (χ1v) is 12.0. The zero-order chi connectivity index (χ0) is 20.9. The summed E-state index contributed by atoms with van der Waals surface area (Å²) < 4.78 is 0. The predicted octanol–water partition coefficient (Wildman–Crippen LogP) is 1.29. The minimum atomic E-state index is -1.11. The van der Waals surface area contributed by atoms with Crippen molar-refractivity contribution in [3.8, 4) is 0 Å². The van der Waals surface area contributed by atoms with Crippen molar-refractivity contribution in [3.63, 3.8) is 0 Å². The molecule has 3 aliphatic carbocycles. The lowest BCUT2D eigenvalue weighted by atomic mass is 9.68. The highest BCUT2D eigenvalue weighted by Gasteiger charge is 2.50. The van der Waals surface area contributed by atoms with E-state index >= 15 is 0 Å². The second-order valence-corrected chi connectivity index (χ2v) is 10.5. The van der Waals surface area contributed by atoms with Crippen LogP contribution in [0.3, 0.4) is 0 Å². The number of nitrogens with one attached hydrogen (secondary N) is 1. The fourth-order valence-electron chi connectivity index (χ4n) is 6.47. The molecule has 3 unspecified atom stereocenters. The van der Waals surface area contributed by atoms with E-state index in [0.717, 1.165) is 38.5 Å². The van der Waals surface area contributed by atoms with Crippen LogP contribution < -0.4 is 5.32 Å². The molecule has 0 aromatic rings. The number of hydrogen-bond donors (Lipinski definition) is 2. The van der Waals surface area contributed by atoms with E-state index in [4.69, 9.17) is 0 Å². The van der Waals surface area contributed by atoms with Crippen LogP contribution in [0.2, 0.25) is 0 Å². The summed E-state index contributed by atoms with van der Waals surface area (Å²) in [6.45, 7) is 2.26. The average Bonchev–Trinajstić information content (AvgIpc) is 3.41. The number of fused-ring (bicyclic) bond motifs is 1. The molecule has 5 rings (SSSR count). The number of carbonyl (C=O) groups is 3. The minimum absolute atomic E-state index is 0.124. The Morgan fingerprint density at radius 3 is 2.13 bits per heavy atom. The van der Waals surface area contributed by atoms with Crippen molar-refractivity contribution in [1.29, 1.82) is 0 Å². The Kier molecular flexibility index (Phi) is 5.28. The molecule has 3 saturated carbocycles. The molecular weight excluding hydrogens is 382 g/mol. The SMILES string of the molecule is O=C1CC2CCC(C3CCC(C(=O)N4CCN(C(=O)C5(O)CC5)CC4)CC3)CC2N1. The Morgan fingerprint density at radius 2 is 1.47 bits per heavy atom. The van der Waals surface area contributed by atoms with Gasteiger partial charge in [-0.2, -0.15) is 0 Å². The van der Waals surface area contributed by atoms with Gasteiger partial charge in [-0.3, -0.25) is 14.4 Å². The summed E-state index contributed by atoms with van der Waals surface area (Å²) in [5.41, 5.74) is -1.11. The molecule has 2 N–H and O–H groups in total. The van der Waals surface area contributed by atoms with Crippen LogP contribution in [0.25, 0.3) is 0 Å². The molecule has 5 aliphatic rings. The van der Waals surface area contributed by atoms with Crippen LogP contribution in [0.5, 0.6) is 0 Å². The molecule has 0 radical (unpaired) electrons. The van der Waals surface area contributed by atoms with Gasteiger partial charge in [-0.05, 0) is 75.5 Å². The van der Waals surface area contributed by atoms with Crippen molar-refractivity contribution in [2.24, 2.45) is 23.7 Å². The molecule has 7 nitrogen and oxygen atoms in total. The molecule has 0 spiro atoms. The molecule has 3 atom stereocenters. The molecule has 0 aromatic carbocycles. The van der Waals surface area contributed by atoms with Crippen LogP contribution >= 0.6 is 0 Å². The normalized spacial score (nSPS) is 38.0. The van der Waals surface area contributed by atoms with Crippen molar-refractivity contribution in [1.82, 2.24) is 15.1 Å². The summed E-state index contributed by atoms with van der Waals surface area (Å²) in [5.74, 6) is 2.41. The van der Waals surface area contributed by atoms with E-state index in [1.54, 1.807) is 4.90 Å². The largest absolute Gasteiger partial charge is 0.380 e. The highest BCUT2D eigenvalue weighted by atomic mass is 16.3. The number of nitrogens with zero attached hydrogens (tertiary/aromatic N) is 2. The van der Waals surface area contributed by atoms with Gasteiger partial charge < -0.3 is 20.2 Å². The maximum Gasteiger partial charge on any atom is 0.254 e. The summed E-state index contributed by atoms with van der Waals surface area (Å²) in [6, 6.07) is 0.392. The Balaban J connectivity index is 1.07. The van der Waals surface area contributed by atoms with E-state index in [2.05, 4.69) is 5.32 Å². The first kappa shape index (κ1) is 20.3. The van der Waals surface area contributed by atoms with Crippen LogP contribution in [0.1, 0.15) is 64.2 Å². The topological polar surface area (TPSA) is 90.0 Å². The van der Waals surface area contributed by atoms with E-state index in [0.29, 0.717) is 62.8 Å². The Morgan fingerprint density at radius 1 is 0.867 bits per heavy atom. The maximum absolute atomic E-state index is 13.0. The summed E-state index contributed by atoms with van der Waals surface area (Å²) in [4.78, 5) is 40.7. The molecule has 7 heteroatoms. The smallest absolute Gasteiger partial charge is 0.254 e. The molecule has 30 heavy (non-hydrogen) atoms. The molecule has 0 aromatic heterocycles. The lowest BCUT2D eigenvalue weighted by Gasteiger charge is -2.41. The van der Waals surface area contributed by atoms with Gasteiger partial charge in [0.2, 0.25) is 11.8 Å². The van der Waals surface area contributed by atoms with Crippen molar-refractivity contribution >= 4 is 17.7 Å². The van der Waals surface area contributed by atoms with Crippen molar-refractivity contribution in [2.45, 2.75) is 75.9 Å². The molecule has 2 heterocycles. The third kappa shape index (κ3) is 3.85. The van der Waals surface area contributed by atoms with Crippen LogP contribution in [0, 0.1) is 23.7 Å². The Bertz CT molecular complexity index is 705. The number of carbonyl (C=O) groups excluding carboxylic acids is 3. The van der Waals surface area contributed by atoms with Crippen molar-refractivity contribution < 1.29 is 19.5 Å².